The van der Waals surface area contributed by atoms with Crippen LogP contribution in [-0.4, -0.2) is 90.3 Å². The molecule has 0 amide bonds. The van der Waals surface area contributed by atoms with Crippen molar-refractivity contribution in [2.75, 3.05) is 33.0 Å². The topological polar surface area (TPSA) is 118 Å². The molecule has 0 saturated carbocycles. The van der Waals surface area contributed by atoms with Crippen LogP contribution in [0.1, 0.15) is 181 Å². The van der Waals surface area contributed by atoms with Crippen molar-refractivity contribution in [2.24, 2.45) is 0 Å². The fraction of sp³-hybridized carbons (Fsp3) is 1.00. The predicted molar refractivity (Wildman–Crippen MR) is 192 cm³/mol. The zero-order valence-electron chi connectivity index (χ0n) is 30.8. The first-order chi connectivity index (χ1) is 23.0. The van der Waals surface area contributed by atoms with Gasteiger partial charge in [0.2, 0.25) is 0 Å². The van der Waals surface area contributed by atoms with Crippen molar-refractivity contribution < 1.29 is 39.4 Å². The van der Waals surface area contributed by atoms with E-state index in [1.807, 2.05) is 0 Å². The molecule has 282 valence electrons. The molecular formula is C39H78O8. The fourth-order valence-corrected chi connectivity index (χ4v) is 6.38. The van der Waals surface area contributed by atoms with Crippen LogP contribution in [0, 0.1) is 0 Å². The maximum absolute atomic E-state index is 10.3. The molecule has 0 aliphatic carbocycles. The Kier molecular flexibility index (Phi) is 31.3. The molecule has 1 heterocycles. The number of hydrogen-bond donors (Lipinski definition) is 4. The molecule has 47 heavy (non-hydrogen) atoms. The number of rotatable bonds is 36. The zero-order valence-corrected chi connectivity index (χ0v) is 30.8. The molecule has 4 N–H and O–H groups in total. The summed E-state index contributed by atoms with van der Waals surface area (Å²) >= 11 is 0. The van der Waals surface area contributed by atoms with Gasteiger partial charge in [0.15, 0.2) is 6.29 Å². The van der Waals surface area contributed by atoms with E-state index in [0.717, 1.165) is 19.3 Å². The van der Waals surface area contributed by atoms with Crippen molar-refractivity contribution in [3.05, 3.63) is 0 Å². The van der Waals surface area contributed by atoms with Gasteiger partial charge in [-0.2, -0.15) is 0 Å². The Hall–Kier alpha value is -0.320. The molecule has 0 aromatic rings. The van der Waals surface area contributed by atoms with Gasteiger partial charge in [-0.1, -0.05) is 168 Å². The Morgan fingerprint density at radius 2 is 0.936 bits per heavy atom. The molecule has 1 rings (SSSR count). The summed E-state index contributed by atoms with van der Waals surface area (Å²) in [4.78, 5) is 0. The van der Waals surface area contributed by atoms with Gasteiger partial charge in [0.25, 0.3) is 0 Å². The van der Waals surface area contributed by atoms with Crippen molar-refractivity contribution >= 4 is 0 Å². The summed E-state index contributed by atoms with van der Waals surface area (Å²) < 4.78 is 23.4. The van der Waals surface area contributed by atoms with Gasteiger partial charge in [0, 0.05) is 13.2 Å². The number of hydrogen-bond acceptors (Lipinski definition) is 8. The van der Waals surface area contributed by atoms with E-state index in [2.05, 4.69) is 13.8 Å². The van der Waals surface area contributed by atoms with Gasteiger partial charge in [-0.3, -0.25) is 0 Å². The number of ether oxygens (including phenoxy) is 4. The number of aliphatic hydroxyl groups is 4. The predicted octanol–water partition coefficient (Wildman–Crippen LogP) is 8.39. The van der Waals surface area contributed by atoms with Crippen molar-refractivity contribution in [1.29, 1.82) is 0 Å². The van der Waals surface area contributed by atoms with Crippen molar-refractivity contribution in [1.82, 2.24) is 0 Å². The van der Waals surface area contributed by atoms with E-state index in [-0.39, 0.29) is 12.7 Å². The van der Waals surface area contributed by atoms with Gasteiger partial charge in [0.1, 0.15) is 30.5 Å². The lowest BCUT2D eigenvalue weighted by Gasteiger charge is -2.22. The van der Waals surface area contributed by atoms with Crippen LogP contribution in [0.5, 0.6) is 0 Å². The second-order valence-corrected chi connectivity index (χ2v) is 14.1. The van der Waals surface area contributed by atoms with Crippen molar-refractivity contribution in [3.63, 3.8) is 0 Å². The highest BCUT2D eigenvalue weighted by Crippen LogP contribution is 2.25. The molecule has 1 aliphatic heterocycles. The van der Waals surface area contributed by atoms with Gasteiger partial charge in [0.05, 0.1) is 19.8 Å². The summed E-state index contributed by atoms with van der Waals surface area (Å²) in [7, 11) is 0. The van der Waals surface area contributed by atoms with Gasteiger partial charge in [-0.15, -0.1) is 0 Å². The largest absolute Gasteiger partial charge is 0.394 e. The molecule has 1 aliphatic rings. The monoisotopic (exact) mass is 675 g/mol. The number of unbranched alkanes of at least 4 members (excludes halogenated alkanes) is 24. The average molecular weight is 675 g/mol. The normalized spacial score (nSPS) is 21.1. The SMILES string of the molecule is CCCCCCCCCCCCCCCOCC(CO[C@@H]1O[C@H](C(O)CO)[C@H](O)[C@H]1O)OCCCCCCCCCCCCCCC. The molecule has 8 nitrogen and oxygen atoms in total. The molecule has 0 radical (unpaired) electrons. The van der Waals surface area contributed by atoms with Crippen LogP contribution in [0.2, 0.25) is 0 Å². The van der Waals surface area contributed by atoms with E-state index >= 15 is 0 Å². The third-order valence-corrected chi connectivity index (χ3v) is 9.57. The molecular weight excluding hydrogens is 596 g/mol. The van der Waals surface area contributed by atoms with Crippen LogP contribution in [0.25, 0.3) is 0 Å². The van der Waals surface area contributed by atoms with Crippen LogP contribution in [-0.2, 0) is 18.9 Å². The molecule has 1 fully saturated rings. The van der Waals surface area contributed by atoms with E-state index in [1.54, 1.807) is 0 Å². The van der Waals surface area contributed by atoms with Crippen LogP contribution in [0.4, 0.5) is 0 Å². The first-order valence-electron chi connectivity index (χ1n) is 20.2. The van der Waals surface area contributed by atoms with Gasteiger partial charge in [-0.25, -0.2) is 0 Å². The third kappa shape index (κ3) is 24.5. The Labute approximate surface area is 289 Å². The van der Waals surface area contributed by atoms with Gasteiger partial charge >= 0.3 is 0 Å². The molecule has 0 aromatic carbocycles. The smallest absolute Gasteiger partial charge is 0.186 e. The standard InChI is InChI=1S/C39H78O8/c1-3-5-7-9-11-13-15-17-19-21-23-25-27-29-44-32-34(33-46-39-37(43)36(42)38(47-39)35(41)31-40)45-30-28-26-24-22-20-18-16-14-12-10-8-6-4-2/h34-43H,3-33H2,1-2H3/t34?,35?,36-,37-,38-,39-/m1/s1. The van der Waals surface area contributed by atoms with E-state index in [0.29, 0.717) is 19.8 Å². The second-order valence-electron chi connectivity index (χ2n) is 14.1. The molecule has 0 bridgehead atoms. The molecule has 0 spiro atoms. The summed E-state index contributed by atoms with van der Waals surface area (Å²) in [5, 5.41) is 39.7. The van der Waals surface area contributed by atoms with Crippen LogP contribution in [0.15, 0.2) is 0 Å². The van der Waals surface area contributed by atoms with Crippen molar-refractivity contribution in [3.8, 4) is 0 Å². The molecule has 2 unspecified atom stereocenters. The maximum atomic E-state index is 10.3. The van der Waals surface area contributed by atoms with Crippen LogP contribution < -0.4 is 0 Å². The molecule has 8 heteroatoms. The Bertz CT molecular complexity index is 638. The minimum atomic E-state index is -1.33. The summed E-state index contributed by atoms with van der Waals surface area (Å²) in [5.41, 5.74) is 0. The lowest BCUT2D eigenvalue weighted by Crippen LogP contribution is -2.40. The first-order valence-corrected chi connectivity index (χ1v) is 20.2. The van der Waals surface area contributed by atoms with E-state index < -0.39 is 37.3 Å². The van der Waals surface area contributed by atoms with E-state index in [4.69, 9.17) is 18.9 Å². The highest BCUT2D eigenvalue weighted by Gasteiger charge is 2.46. The maximum Gasteiger partial charge on any atom is 0.186 e. The highest BCUT2D eigenvalue weighted by molar-refractivity contribution is 4.90. The second kappa shape index (κ2) is 32.9. The lowest BCUT2D eigenvalue weighted by atomic mass is 10.0. The average Bonchev–Trinajstić information content (AvgIpc) is 3.37. The fourth-order valence-electron chi connectivity index (χ4n) is 6.38. The van der Waals surface area contributed by atoms with Gasteiger partial charge < -0.3 is 39.4 Å². The summed E-state index contributed by atoms with van der Waals surface area (Å²) in [5.74, 6) is 0. The highest BCUT2D eigenvalue weighted by atomic mass is 16.7. The van der Waals surface area contributed by atoms with Gasteiger partial charge in [-0.05, 0) is 12.8 Å². The molecule has 0 aromatic heterocycles. The Morgan fingerprint density at radius 1 is 0.532 bits per heavy atom. The first kappa shape index (κ1) is 44.7. The van der Waals surface area contributed by atoms with Crippen LogP contribution in [0.3, 0.4) is 0 Å². The minimum Gasteiger partial charge on any atom is -0.394 e. The van der Waals surface area contributed by atoms with E-state index in [9.17, 15) is 20.4 Å². The third-order valence-electron chi connectivity index (χ3n) is 9.57. The lowest BCUT2D eigenvalue weighted by molar-refractivity contribution is -0.198. The zero-order chi connectivity index (χ0) is 34.2. The quantitative estimate of drug-likeness (QED) is 0.0490. The molecule has 6 atom stereocenters. The molecule has 1 saturated heterocycles. The Balaban J connectivity index is 2.21. The van der Waals surface area contributed by atoms with Crippen molar-refractivity contribution in [2.45, 2.75) is 218 Å². The number of aliphatic hydroxyl groups excluding tert-OH is 4. The van der Waals surface area contributed by atoms with E-state index in [1.165, 1.54) is 148 Å². The minimum absolute atomic E-state index is 0.146. The Morgan fingerprint density at radius 3 is 1.36 bits per heavy atom. The summed E-state index contributed by atoms with van der Waals surface area (Å²) in [6, 6.07) is 0. The van der Waals surface area contributed by atoms with Crippen LogP contribution >= 0.6 is 0 Å². The summed E-state index contributed by atoms with van der Waals surface area (Å²) in [6.07, 6.45) is 27.6. The summed E-state index contributed by atoms with van der Waals surface area (Å²) in [6.45, 7) is 5.81.